The molecule has 3 rings (SSSR count). The summed E-state index contributed by atoms with van der Waals surface area (Å²) >= 11 is 0. The number of rotatable bonds is 8. The van der Waals surface area contributed by atoms with Crippen molar-refractivity contribution in [3.8, 4) is 0 Å². The lowest BCUT2D eigenvalue weighted by atomic mass is 9.88. The van der Waals surface area contributed by atoms with Gasteiger partial charge in [-0.05, 0) is 52.4 Å². The molecular formula is C22H46N4Si. The maximum atomic E-state index is 6.71. The summed E-state index contributed by atoms with van der Waals surface area (Å²) < 4.78 is 0. The van der Waals surface area contributed by atoms with Crippen molar-refractivity contribution in [2.45, 2.75) is 139 Å². The van der Waals surface area contributed by atoms with Gasteiger partial charge in [-0.1, -0.05) is 57.8 Å². The van der Waals surface area contributed by atoms with Crippen molar-refractivity contribution in [2.75, 3.05) is 0 Å². The van der Waals surface area contributed by atoms with Crippen LogP contribution in [0.3, 0.4) is 0 Å². The average Bonchev–Trinajstić information content (AvgIpc) is 2.69. The van der Waals surface area contributed by atoms with Crippen molar-refractivity contribution in [1.29, 1.82) is 0 Å². The molecule has 0 heterocycles. The average molecular weight is 395 g/mol. The van der Waals surface area contributed by atoms with Crippen LogP contribution in [0.5, 0.6) is 0 Å². The third-order valence-electron chi connectivity index (χ3n) is 7.65. The van der Waals surface area contributed by atoms with Crippen molar-refractivity contribution in [1.82, 2.24) is 16.0 Å². The second-order valence-electron chi connectivity index (χ2n) is 10.2. The Labute approximate surface area is 170 Å². The Bertz CT molecular complexity index is 404. The van der Waals surface area contributed by atoms with Gasteiger partial charge >= 0.3 is 0 Å². The third-order valence-corrected chi connectivity index (χ3v) is 9.56. The highest BCUT2D eigenvalue weighted by molar-refractivity contribution is 6.36. The Kier molecular flexibility index (Phi) is 8.22. The van der Waals surface area contributed by atoms with Crippen molar-refractivity contribution >= 4 is 9.68 Å². The van der Waals surface area contributed by atoms with Gasteiger partial charge in [0.25, 0.3) is 0 Å². The summed E-state index contributed by atoms with van der Waals surface area (Å²) in [5.74, 6) is 0. The van der Waals surface area contributed by atoms with Gasteiger partial charge in [-0.3, -0.25) is 10.6 Å². The first-order valence-corrected chi connectivity index (χ1v) is 13.6. The molecule has 0 aliphatic heterocycles. The fourth-order valence-electron chi connectivity index (χ4n) is 5.85. The molecule has 0 aromatic carbocycles. The highest BCUT2D eigenvalue weighted by Crippen LogP contribution is 2.29. The lowest BCUT2D eigenvalue weighted by Crippen LogP contribution is -2.81. The summed E-state index contributed by atoms with van der Waals surface area (Å²) in [5, 5.41) is 19.0. The van der Waals surface area contributed by atoms with E-state index in [4.69, 9.17) is 5.40 Å². The van der Waals surface area contributed by atoms with Crippen LogP contribution in [0.2, 0.25) is 0 Å². The van der Waals surface area contributed by atoms with Gasteiger partial charge in [0.05, 0.1) is 5.29 Å². The molecule has 0 radical (unpaired) electrons. The van der Waals surface area contributed by atoms with Crippen LogP contribution in [0, 0.1) is 0 Å². The summed E-state index contributed by atoms with van der Waals surface area (Å²) in [4.78, 5) is 0. The van der Waals surface area contributed by atoms with Crippen molar-refractivity contribution in [3.63, 3.8) is 0 Å². The van der Waals surface area contributed by atoms with Crippen molar-refractivity contribution in [3.05, 3.63) is 0 Å². The van der Waals surface area contributed by atoms with E-state index in [-0.39, 0.29) is 10.8 Å². The third kappa shape index (κ3) is 5.78. The number of nitrogens with one attached hydrogen (secondary N) is 3. The molecule has 0 spiro atoms. The maximum Gasteiger partial charge on any atom is 0.131 e. The molecule has 0 saturated heterocycles. The van der Waals surface area contributed by atoms with Gasteiger partial charge in [-0.25, -0.2) is 0 Å². The molecule has 5 heteroatoms. The first kappa shape index (κ1) is 21.8. The Hall–Kier alpha value is 0.0569. The second-order valence-corrected chi connectivity index (χ2v) is 11.6. The molecule has 0 aromatic heterocycles. The van der Waals surface area contributed by atoms with Crippen LogP contribution in [0.15, 0.2) is 0 Å². The Morgan fingerprint density at radius 3 is 1.26 bits per heavy atom. The van der Waals surface area contributed by atoms with E-state index in [9.17, 15) is 0 Å². The van der Waals surface area contributed by atoms with Crippen LogP contribution < -0.4 is 21.3 Å². The zero-order chi connectivity index (χ0) is 19.2. The first-order chi connectivity index (χ1) is 13.0. The SMILES string of the molecule is CC(C)(NC1CCCCC1)C(NC1CCCCC1)(NC1CCCCC1)[SiH2]N. The molecule has 0 amide bonds. The van der Waals surface area contributed by atoms with Gasteiger partial charge in [0, 0.05) is 23.7 Å². The van der Waals surface area contributed by atoms with Crippen LogP contribution >= 0.6 is 0 Å². The molecule has 0 atom stereocenters. The van der Waals surface area contributed by atoms with E-state index in [2.05, 4.69) is 29.8 Å². The van der Waals surface area contributed by atoms with Crippen LogP contribution in [-0.4, -0.2) is 38.6 Å². The van der Waals surface area contributed by atoms with E-state index in [1.165, 1.54) is 96.3 Å². The zero-order valence-electron chi connectivity index (χ0n) is 18.1. The topological polar surface area (TPSA) is 62.1 Å². The van der Waals surface area contributed by atoms with E-state index >= 15 is 0 Å². The molecular weight excluding hydrogens is 348 g/mol. The Balaban J connectivity index is 1.76. The zero-order valence-corrected chi connectivity index (χ0v) is 19.5. The van der Waals surface area contributed by atoms with E-state index < -0.39 is 9.68 Å². The minimum absolute atomic E-state index is 0.00905. The lowest BCUT2D eigenvalue weighted by molar-refractivity contribution is 0.120. The van der Waals surface area contributed by atoms with Gasteiger partial charge in [0.15, 0.2) is 0 Å². The van der Waals surface area contributed by atoms with Gasteiger partial charge in [-0.15, -0.1) is 0 Å². The summed E-state index contributed by atoms with van der Waals surface area (Å²) in [5.41, 5.74) is -0.00905. The van der Waals surface area contributed by atoms with Crippen LogP contribution in [0.1, 0.15) is 110 Å². The van der Waals surface area contributed by atoms with E-state index in [0.717, 1.165) is 0 Å². The van der Waals surface area contributed by atoms with Crippen LogP contribution in [0.4, 0.5) is 0 Å². The second kappa shape index (κ2) is 10.2. The highest BCUT2D eigenvalue weighted by atomic mass is 28.2. The van der Waals surface area contributed by atoms with Gasteiger partial charge < -0.3 is 10.7 Å². The van der Waals surface area contributed by atoms with Gasteiger partial charge in [0.1, 0.15) is 9.68 Å². The van der Waals surface area contributed by atoms with E-state index in [1.807, 2.05) is 0 Å². The van der Waals surface area contributed by atoms with Crippen molar-refractivity contribution in [2.24, 2.45) is 5.40 Å². The standard InChI is InChI=1S/C22H46N4Si/c1-21(2,24-18-12-6-3-7-13-18)22(27-23,25-19-14-8-4-9-15-19)26-20-16-10-5-11-17-20/h18-20,24-26H,3-17,23,27H2,1-2H3. The number of hydrogen-bond donors (Lipinski definition) is 4. The van der Waals surface area contributed by atoms with Crippen molar-refractivity contribution < 1.29 is 0 Å². The fraction of sp³-hybridized carbons (Fsp3) is 1.00. The van der Waals surface area contributed by atoms with Crippen LogP contribution in [-0.2, 0) is 0 Å². The molecule has 27 heavy (non-hydrogen) atoms. The molecule has 158 valence electrons. The monoisotopic (exact) mass is 394 g/mol. The lowest BCUT2D eigenvalue weighted by Gasteiger charge is -2.53. The predicted molar refractivity (Wildman–Crippen MR) is 120 cm³/mol. The molecule has 0 aromatic rings. The molecule has 0 unspecified atom stereocenters. The fourth-order valence-corrected chi connectivity index (χ4v) is 7.27. The maximum absolute atomic E-state index is 6.71. The predicted octanol–water partition coefficient (Wildman–Crippen LogP) is 3.23. The molecule has 0 bridgehead atoms. The molecule has 4 nitrogen and oxygen atoms in total. The normalized spacial score (nSPS) is 25.4. The Morgan fingerprint density at radius 1 is 0.593 bits per heavy atom. The summed E-state index contributed by atoms with van der Waals surface area (Å²) in [7, 11) is -0.804. The van der Waals surface area contributed by atoms with Crippen LogP contribution in [0.25, 0.3) is 0 Å². The van der Waals surface area contributed by atoms with E-state index in [1.54, 1.807) is 0 Å². The molecule has 3 aliphatic rings. The smallest absolute Gasteiger partial charge is 0.131 e. The molecule has 3 saturated carbocycles. The largest absolute Gasteiger partial charge is 0.353 e. The summed E-state index contributed by atoms with van der Waals surface area (Å²) in [6, 6.07) is 1.94. The summed E-state index contributed by atoms with van der Waals surface area (Å²) in [6.45, 7) is 4.85. The molecule has 5 N–H and O–H groups in total. The minimum atomic E-state index is -0.804. The summed E-state index contributed by atoms with van der Waals surface area (Å²) in [6.07, 6.45) is 20.4. The van der Waals surface area contributed by atoms with Gasteiger partial charge in [-0.2, -0.15) is 0 Å². The number of hydrogen-bond acceptors (Lipinski definition) is 4. The minimum Gasteiger partial charge on any atom is -0.353 e. The molecule has 3 aliphatic carbocycles. The number of nitrogens with two attached hydrogens (primary N) is 1. The first-order valence-electron chi connectivity index (χ1n) is 12.1. The Morgan fingerprint density at radius 2 is 0.926 bits per heavy atom. The molecule has 3 fully saturated rings. The van der Waals surface area contributed by atoms with E-state index in [0.29, 0.717) is 18.1 Å². The highest BCUT2D eigenvalue weighted by Gasteiger charge is 2.47. The quantitative estimate of drug-likeness (QED) is 0.377. The van der Waals surface area contributed by atoms with Gasteiger partial charge in [0.2, 0.25) is 0 Å².